The quantitative estimate of drug-likeness (QED) is 0.809. The van der Waals surface area contributed by atoms with E-state index < -0.39 is 0 Å². The minimum absolute atomic E-state index is 0.152. The molecule has 0 radical (unpaired) electrons. The average molecular weight is 199 g/mol. The zero-order valence-corrected chi connectivity index (χ0v) is 9.23. The van der Waals surface area contributed by atoms with Crippen molar-refractivity contribution in [3.8, 4) is 5.75 Å². The Morgan fingerprint density at radius 3 is 2.77 bits per heavy atom. The van der Waals surface area contributed by atoms with Crippen molar-refractivity contribution in [2.24, 2.45) is 11.7 Å². The summed E-state index contributed by atoms with van der Waals surface area (Å²) in [6.45, 7) is 4.34. The van der Waals surface area contributed by atoms with Crippen molar-refractivity contribution in [2.75, 3.05) is 7.11 Å². The number of thiophene rings is 1. The number of hydrogen-bond acceptors (Lipinski definition) is 3. The highest BCUT2D eigenvalue weighted by Gasteiger charge is 2.15. The van der Waals surface area contributed by atoms with Gasteiger partial charge in [-0.15, -0.1) is 11.3 Å². The molecule has 0 saturated heterocycles. The first-order valence-electron chi connectivity index (χ1n) is 4.57. The molecule has 2 nitrogen and oxygen atoms in total. The molecule has 74 valence electrons. The van der Waals surface area contributed by atoms with Gasteiger partial charge in [0.2, 0.25) is 0 Å². The molecule has 0 aliphatic carbocycles. The second kappa shape index (κ2) is 4.63. The summed E-state index contributed by atoms with van der Waals surface area (Å²) in [6, 6.07) is 2.18. The van der Waals surface area contributed by atoms with Crippen LogP contribution in [-0.4, -0.2) is 7.11 Å². The van der Waals surface area contributed by atoms with E-state index >= 15 is 0 Å². The Hall–Kier alpha value is -0.540. The molecule has 0 bridgehead atoms. The molecule has 0 saturated carbocycles. The van der Waals surface area contributed by atoms with Crippen LogP contribution in [0.25, 0.3) is 0 Å². The van der Waals surface area contributed by atoms with Gasteiger partial charge < -0.3 is 10.5 Å². The van der Waals surface area contributed by atoms with Crippen LogP contribution in [0.4, 0.5) is 0 Å². The second-order valence-corrected chi connectivity index (χ2v) is 4.24. The van der Waals surface area contributed by atoms with Crippen LogP contribution in [0.3, 0.4) is 0 Å². The van der Waals surface area contributed by atoms with Crippen LogP contribution >= 0.6 is 11.3 Å². The van der Waals surface area contributed by atoms with Crippen LogP contribution in [0.5, 0.6) is 5.75 Å². The lowest BCUT2D eigenvalue weighted by molar-refractivity contribution is 0.414. The van der Waals surface area contributed by atoms with Gasteiger partial charge in [-0.3, -0.25) is 0 Å². The molecular weight excluding hydrogens is 182 g/mol. The Balaban J connectivity index is 2.70. The average Bonchev–Trinajstić information content (AvgIpc) is 2.63. The summed E-state index contributed by atoms with van der Waals surface area (Å²) < 4.78 is 5.11. The molecule has 1 aromatic rings. The van der Waals surface area contributed by atoms with E-state index in [4.69, 9.17) is 10.5 Å². The fraction of sp³-hybridized carbons (Fsp3) is 0.600. The summed E-state index contributed by atoms with van der Waals surface area (Å²) in [7, 11) is 1.68. The molecule has 0 aliphatic heterocycles. The predicted molar refractivity (Wildman–Crippen MR) is 57.3 cm³/mol. The number of ether oxygens (including phenoxy) is 1. The normalized spacial score (nSPS) is 15.4. The van der Waals surface area contributed by atoms with E-state index in [1.54, 1.807) is 18.4 Å². The van der Waals surface area contributed by atoms with Crippen LogP contribution in [-0.2, 0) is 0 Å². The van der Waals surface area contributed by atoms with E-state index in [0.29, 0.717) is 5.92 Å². The lowest BCUT2D eigenvalue weighted by Crippen LogP contribution is -2.17. The molecule has 3 heteroatoms. The molecule has 0 spiro atoms. The minimum atomic E-state index is 0.152. The highest BCUT2D eigenvalue weighted by Crippen LogP contribution is 2.30. The highest BCUT2D eigenvalue weighted by molar-refractivity contribution is 7.10. The first-order chi connectivity index (χ1) is 6.19. The standard InChI is InChI=1S/C10H17NOS/c1-4-7(2)10(11)9-5-8(12-3)6-13-9/h5-7,10H,4,11H2,1-3H3. The van der Waals surface area contributed by atoms with Gasteiger partial charge in [0.1, 0.15) is 5.75 Å². The van der Waals surface area contributed by atoms with Gasteiger partial charge in [-0.25, -0.2) is 0 Å². The number of rotatable bonds is 4. The molecule has 0 aliphatic rings. The van der Waals surface area contributed by atoms with Crippen molar-refractivity contribution in [3.05, 3.63) is 16.3 Å². The SMILES string of the molecule is CCC(C)C(N)c1cc(OC)cs1. The molecule has 2 unspecified atom stereocenters. The van der Waals surface area contributed by atoms with Gasteiger partial charge in [0, 0.05) is 16.3 Å². The molecule has 0 fully saturated rings. The van der Waals surface area contributed by atoms with E-state index in [-0.39, 0.29) is 6.04 Å². The Kier molecular flexibility index (Phi) is 3.75. The van der Waals surface area contributed by atoms with E-state index in [0.717, 1.165) is 12.2 Å². The smallest absolute Gasteiger partial charge is 0.129 e. The molecule has 1 heterocycles. The predicted octanol–water partition coefficient (Wildman–Crippen LogP) is 2.80. The maximum atomic E-state index is 6.07. The largest absolute Gasteiger partial charge is 0.496 e. The number of methoxy groups -OCH3 is 1. The van der Waals surface area contributed by atoms with Crippen molar-refractivity contribution < 1.29 is 4.74 Å². The summed E-state index contributed by atoms with van der Waals surface area (Å²) in [4.78, 5) is 1.21. The molecule has 2 atom stereocenters. The fourth-order valence-corrected chi connectivity index (χ4v) is 2.14. The van der Waals surface area contributed by atoms with Gasteiger partial charge in [0.05, 0.1) is 7.11 Å². The van der Waals surface area contributed by atoms with Gasteiger partial charge in [-0.05, 0) is 12.0 Å². The van der Waals surface area contributed by atoms with Crippen molar-refractivity contribution >= 4 is 11.3 Å². The molecule has 2 N–H and O–H groups in total. The van der Waals surface area contributed by atoms with Gasteiger partial charge >= 0.3 is 0 Å². The van der Waals surface area contributed by atoms with Crippen LogP contribution in [0, 0.1) is 5.92 Å². The summed E-state index contributed by atoms with van der Waals surface area (Å²) in [5.74, 6) is 1.45. The summed E-state index contributed by atoms with van der Waals surface area (Å²) in [5.41, 5.74) is 6.07. The summed E-state index contributed by atoms with van der Waals surface area (Å²) in [5, 5.41) is 2.00. The monoisotopic (exact) mass is 199 g/mol. The third kappa shape index (κ3) is 2.45. The van der Waals surface area contributed by atoms with Crippen LogP contribution in [0.15, 0.2) is 11.4 Å². The maximum absolute atomic E-state index is 6.07. The minimum Gasteiger partial charge on any atom is -0.496 e. The van der Waals surface area contributed by atoms with Crippen molar-refractivity contribution in [3.63, 3.8) is 0 Å². The van der Waals surface area contributed by atoms with Crippen molar-refractivity contribution in [2.45, 2.75) is 26.3 Å². The number of nitrogens with two attached hydrogens (primary N) is 1. The molecule has 0 amide bonds. The highest BCUT2D eigenvalue weighted by atomic mass is 32.1. The molecular formula is C10H17NOS. The van der Waals surface area contributed by atoms with E-state index in [9.17, 15) is 0 Å². The number of hydrogen-bond donors (Lipinski definition) is 1. The summed E-state index contributed by atoms with van der Waals surface area (Å²) in [6.07, 6.45) is 1.11. The van der Waals surface area contributed by atoms with Crippen molar-refractivity contribution in [1.82, 2.24) is 0 Å². The lowest BCUT2D eigenvalue weighted by atomic mass is 9.99. The van der Waals surface area contributed by atoms with Gasteiger partial charge in [0.25, 0.3) is 0 Å². The second-order valence-electron chi connectivity index (χ2n) is 3.30. The Morgan fingerprint density at radius 2 is 2.31 bits per heavy atom. The third-order valence-corrected chi connectivity index (χ3v) is 3.43. The first kappa shape index (κ1) is 10.5. The van der Waals surface area contributed by atoms with E-state index in [2.05, 4.69) is 13.8 Å². The van der Waals surface area contributed by atoms with Gasteiger partial charge in [0.15, 0.2) is 0 Å². The van der Waals surface area contributed by atoms with Crippen LogP contribution in [0.1, 0.15) is 31.2 Å². The van der Waals surface area contributed by atoms with Crippen molar-refractivity contribution in [1.29, 1.82) is 0 Å². The van der Waals surface area contributed by atoms with E-state index in [1.807, 2.05) is 11.4 Å². The van der Waals surface area contributed by atoms with Gasteiger partial charge in [-0.1, -0.05) is 20.3 Å². The third-order valence-electron chi connectivity index (χ3n) is 2.42. The molecule has 13 heavy (non-hydrogen) atoms. The van der Waals surface area contributed by atoms with E-state index in [1.165, 1.54) is 4.88 Å². The Bertz CT molecular complexity index is 259. The Morgan fingerprint density at radius 1 is 1.62 bits per heavy atom. The molecule has 0 aromatic carbocycles. The fourth-order valence-electron chi connectivity index (χ4n) is 1.15. The Labute approximate surface area is 83.7 Å². The zero-order valence-electron chi connectivity index (χ0n) is 8.41. The topological polar surface area (TPSA) is 35.2 Å². The zero-order chi connectivity index (χ0) is 9.84. The summed E-state index contributed by atoms with van der Waals surface area (Å²) >= 11 is 1.68. The van der Waals surface area contributed by atoms with Gasteiger partial charge in [-0.2, -0.15) is 0 Å². The molecule has 1 rings (SSSR count). The first-order valence-corrected chi connectivity index (χ1v) is 5.45. The van der Waals surface area contributed by atoms with Crippen LogP contribution < -0.4 is 10.5 Å². The molecule has 1 aromatic heterocycles. The lowest BCUT2D eigenvalue weighted by Gasteiger charge is -2.16. The van der Waals surface area contributed by atoms with Crippen LogP contribution in [0.2, 0.25) is 0 Å². The maximum Gasteiger partial charge on any atom is 0.129 e.